The second-order valence-corrected chi connectivity index (χ2v) is 3.54. The highest BCUT2D eigenvalue weighted by molar-refractivity contribution is 5.50. The lowest BCUT2D eigenvalue weighted by atomic mass is 10.1. The Balaban J connectivity index is 2.87. The summed E-state index contributed by atoms with van der Waals surface area (Å²) >= 11 is 0. The Morgan fingerprint density at radius 2 is 1.56 bits per heavy atom. The van der Waals surface area contributed by atoms with Crippen molar-refractivity contribution in [3.05, 3.63) is 17.7 Å². The van der Waals surface area contributed by atoms with Crippen LogP contribution in [0.25, 0.3) is 0 Å². The molecular formula is C12H17F2NO3. The van der Waals surface area contributed by atoms with Crippen molar-refractivity contribution in [1.29, 1.82) is 0 Å². The highest BCUT2D eigenvalue weighted by Gasteiger charge is 2.12. The molecule has 0 bridgehead atoms. The SMILES string of the molecule is COc1cc(OC)c(OC)cc1CNCC(F)F. The van der Waals surface area contributed by atoms with E-state index in [2.05, 4.69) is 5.32 Å². The molecule has 0 heterocycles. The van der Waals surface area contributed by atoms with Gasteiger partial charge in [-0.3, -0.25) is 0 Å². The molecule has 0 fully saturated rings. The van der Waals surface area contributed by atoms with Crippen molar-refractivity contribution < 1.29 is 23.0 Å². The molecule has 0 aliphatic heterocycles. The fourth-order valence-corrected chi connectivity index (χ4v) is 1.55. The van der Waals surface area contributed by atoms with E-state index in [0.29, 0.717) is 17.2 Å². The zero-order valence-corrected chi connectivity index (χ0v) is 10.6. The van der Waals surface area contributed by atoms with Gasteiger partial charge < -0.3 is 19.5 Å². The van der Waals surface area contributed by atoms with E-state index in [1.165, 1.54) is 21.3 Å². The molecule has 1 N–H and O–H groups in total. The summed E-state index contributed by atoms with van der Waals surface area (Å²) in [6, 6.07) is 3.37. The fourth-order valence-electron chi connectivity index (χ4n) is 1.55. The van der Waals surface area contributed by atoms with Crippen LogP contribution in [0, 0.1) is 0 Å². The minimum atomic E-state index is -2.38. The molecule has 18 heavy (non-hydrogen) atoms. The van der Waals surface area contributed by atoms with E-state index in [9.17, 15) is 8.78 Å². The van der Waals surface area contributed by atoms with Crippen LogP contribution in [0.3, 0.4) is 0 Å². The lowest BCUT2D eigenvalue weighted by molar-refractivity contribution is 0.145. The minimum absolute atomic E-state index is 0.272. The molecule has 1 aromatic carbocycles. The van der Waals surface area contributed by atoms with Crippen molar-refractivity contribution in [1.82, 2.24) is 5.32 Å². The number of methoxy groups -OCH3 is 3. The second-order valence-electron chi connectivity index (χ2n) is 3.54. The first-order valence-electron chi connectivity index (χ1n) is 5.40. The minimum Gasteiger partial charge on any atom is -0.496 e. The predicted octanol–water partition coefficient (Wildman–Crippen LogP) is 2.07. The zero-order chi connectivity index (χ0) is 13.5. The number of nitrogens with one attached hydrogen (secondary N) is 1. The lowest BCUT2D eigenvalue weighted by Crippen LogP contribution is -2.21. The molecule has 0 unspecified atom stereocenters. The number of ether oxygens (including phenoxy) is 3. The van der Waals surface area contributed by atoms with E-state index >= 15 is 0 Å². The summed E-state index contributed by atoms with van der Waals surface area (Å²) in [4.78, 5) is 0. The van der Waals surface area contributed by atoms with Crippen LogP contribution in [0.1, 0.15) is 5.56 Å². The Hall–Kier alpha value is -1.56. The molecule has 1 rings (SSSR count). The molecule has 1 aromatic rings. The van der Waals surface area contributed by atoms with Crippen LogP contribution in [0.2, 0.25) is 0 Å². The van der Waals surface area contributed by atoms with Crippen molar-refractivity contribution >= 4 is 0 Å². The molecule has 0 aliphatic rings. The van der Waals surface area contributed by atoms with Gasteiger partial charge in [-0.05, 0) is 6.07 Å². The van der Waals surface area contributed by atoms with Crippen LogP contribution >= 0.6 is 0 Å². The highest BCUT2D eigenvalue weighted by atomic mass is 19.3. The van der Waals surface area contributed by atoms with Crippen LogP contribution in [-0.2, 0) is 6.54 Å². The number of benzene rings is 1. The molecule has 0 radical (unpaired) electrons. The van der Waals surface area contributed by atoms with Gasteiger partial charge in [-0.25, -0.2) is 8.78 Å². The molecule has 0 spiro atoms. The van der Waals surface area contributed by atoms with Crippen molar-refractivity contribution in [3.8, 4) is 17.2 Å². The average Bonchev–Trinajstić information content (AvgIpc) is 2.37. The summed E-state index contributed by atoms with van der Waals surface area (Å²) in [5.41, 5.74) is 0.732. The van der Waals surface area contributed by atoms with Gasteiger partial charge in [0.1, 0.15) is 5.75 Å². The van der Waals surface area contributed by atoms with Crippen molar-refractivity contribution in [2.75, 3.05) is 27.9 Å². The van der Waals surface area contributed by atoms with E-state index in [1.807, 2.05) is 0 Å². The Morgan fingerprint density at radius 1 is 1.00 bits per heavy atom. The van der Waals surface area contributed by atoms with E-state index in [1.54, 1.807) is 12.1 Å². The molecule has 0 atom stereocenters. The number of halogens is 2. The van der Waals surface area contributed by atoms with Gasteiger partial charge in [0, 0.05) is 18.2 Å². The Labute approximate surface area is 105 Å². The molecule has 4 nitrogen and oxygen atoms in total. The number of hydrogen-bond acceptors (Lipinski definition) is 4. The number of alkyl halides is 2. The number of hydrogen-bond donors (Lipinski definition) is 1. The van der Waals surface area contributed by atoms with Gasteiger partial charge in [-0.1, -0.05) is 0 Å². The van der Waals surface area contributed by atoms with Gasteiger partial charge in [-0.2, -0.15) is 0 Å². The Morgan fingerprint density at radius 3 is 2.06 bits per heavy atom. The molecule has 0 saturated carbocycles. The quantitative estimate of drug-likeness (QED) is 0.815. The summed E-state index contributed by atoms with van der Waals surface area (Å²) in [6.07, 6.45) is -2.38. The van der Waals surface area contributed by atoms with E-state index in [4.69, 9.17) is 14.2 Å². The van der Waals surface area contributed by atoms with Crippen molar-refractivity contribution in [3.63, 3.8) is 0 Å². The third kappa shape index (κ3) is 3.73. The van der Waals surface area contributed by atoms with Crippen LogP contribution in [0.15, 0.2) is 12.1 Å². The molecule has 0 saturated heterocycles. The van der Waals surface area contributed by atoms with Gasteiger partial charge in [0.15, 0.2) is 11.5 Å². The summed E-state index contributed by atoms with van der Waals surface area (Å²) in [7, 11) is 4.55. The Kier molecular flexibility index (Phi) is 5.64. The number of rotatable bonds is 7. The Bertz CT molecular complexity index is 386. The predicted molar refractivity (Wildman–Crippen MR) is 63.8 cm³/mol. The molecule has 6 heteroatoms. The van der Waals surface area contributed by atoms with Gasteiger partial charge >= 0.3 is 0 Å². The van der Waals surface area contributed by atoms with Crippen molar-refractivity contribution in [2.45, 2.75) is 13.0 Å². The zero-order valence-electron chi connectivity index (χ0n) is 10.6. The normalized spacial score (nSPS) is 10.6. The van der Waals surface area contributed by atoms with Crippen LogP contribution in [0.5, 0.6) is 17.2 Å². The first-order valence-corrected chi connectivity index (χ1v) is 5.40. The topological polar surface area (TPSA) is 39.7 Å². The molecular weight excluding hydrogens is 244 g/mol. The van der Waals surface area contributed by atoms with Crippen LogP contribution in [0.4, 0.5) is 8.78 Å². The first kappa shape index (κ1) is 14.5. The maximum Gasteiger partial charge on any atom is 0.250 e. The fraction of sp³-hybridized carbons (Fsp3) is 0.500. The van der Waals surface area contributed by atoms with Gasteiger partial charge in [-0.15, -0.1) is 0 Å². The molecule has 0 aliphatic carbocycles. The van der Waals surface area contributed by atoms with Gasteiger partial charge in [0.25, 0.3) is 6.43 Å². The standard InChI is InChI=1S/C12H17F2NO3/c1-16-9-5-11(18-3)10(17-2)4-8(9)6-15-7-12(13)14/h4-5,12,15H,6-7H2,1-3H3. The van der Waals surface area contributed by atoms with Crippen LogP contribution in [-0.4, -0.2) is 34.3 Å². The van der Waals surface area contributed by atoms with E-state index in [-0.39, 0.29) is 13.1 Å². The maximum absolute atomic E-state index is 12.0. The smallest absolute Gasteiger partial charge is 0.250 e. The third-order valence-electron chi connectivity index (χ3n) is 2.40. The maximum atomic E-state index is 12.0. The van der Waals surface area contributed by atoms with Crippen LogP contribution < -0.4 is 19.5 Å². The molecule has 0 aromatic heterocycles. The van der Waals surface area contributed by atoms with Gasteiger partial charge in [0.05, 0.1) is 27.9 Å². The summed E-state index contributed by atoms with van der Waals surface area (Å²) in [5.74, 6) is 1.63. The second kappa shape index (κ2) is 7.00. The largest absolute Gasteiger partial charge is 0.496 e. The van der Waals surface area contributed by atoms with E-state index in [0.717, 1.165) is 5.56 Å². The highest BCUT2D eigenvalue weighted by Crippen LogP contribution is 2.34. The van der Waals surface area contributed by atoms with E-state index < -0.39 is 6.43 Å². The summed E-state index contributed by atoms with van der Waals surface area (Å²) in [6.45, 7) is -0.0919. The first-order chi connectivity index (χ1) is 8.62. The third-order valence-corrected chi connectivity index (χ3v) is 2.40. The van der Waals surface area contributed by atoms with Gasteiger partial charge in [0.2, 0.25) is 0 Å². The molecule has 102 valence electrons. The lowest BCUT2D eigenvalue weighted by Gasteiger charge is -2.14. The summed E-state index contributed by atoms with van der Waals surface area (Å²) in [5, 5.41) is 2.64. The summed E-state index contributed by atoms with van der Waals surface area (Å²) < 4.78 is 39.6. The monoisotopic (exact) mass is 261 g/mol. The average molecular weight is 261 g/mol. The molecule has 0 amide bonds. The van der Waals surface area contributed by atoms with Crippen molar-refractivity contribution in [2.24, 2.45) is 0 Å².